The van der Waals surface area contributed by atoms with Crippen LogP contribution in [0.4, 0.5) is 0 Å². The normalized spacial score (nSPS) is 13.2. The number of pyridine rings is 2. The highest BCUT2D eigenvalue weighted by Gasteiger charge is 2.22. The predicted octanol–water partition coefficient (Wildman–Crippen LogP) is 16.2. The highest BCUT2D eigenvalue weighted by Crippen LogP contribution is 2.31. The lowest BCUT2D eigenvalue weighted by atomic mass is 9.86. The fourth-order valence-corrected chi connectivity index (χ4v) is 6.37. The molecule has 0 aliphatic rings. The molecular formula is C57H87N5. The van der Waals surface area contributed by atoms with Gasteiger partial charge >= 0.3 is 0 Å². The van der Waals surface area contributed by atoms with Gasteiger partial charge in [0, 0.05) is 67.6 Å². The van der Waals surface area contributed by atoms with Crippen molar-refractivity contribution in [2.24, 2.45) is 0 Å². The highest BCUT2D eigenvalue weighted by molar-refractivity contribution is 5.82. The zero-order chi connectivity index (χ0) is 47.7. The summed E-state index contributed by atoms with van der Waals surface area (Å²) in [6, 6.07) is 24.3. The number of fused-ring (bicyclic) bond motifs is 2. The van der Waals surface area contributed by atoms with E-state index in [2.05, 4.69) is 259 Å². The highest BCUT2D eigenvalue weighted by atomic mass is 15.1. The van der Waals surface area contributed by atoms with Gasteiger partial charge in [0.25, 0.3) is 0 Å². The molecule has 5 nitrogen and oxygen atoms in total. The van der Waals surface area contributed by atoms with Gasteiger partial charge in [-0.15, -0.1) is 0 Å². The van der Waals surface area contributed by atoms with E-state index >= 15 is 0 Å². The van der Waals surface area contributed by atoms with Crippen molar-refractivity contribution in [2.75, 3.05) is 0 Å². The van der Waals surface area contributed by atoms with Crippen LogP contribution in [0.5, 0.6) is 0 Å². The van der Waals surface area contributed by atoms with Gasteiger partial charge in [-0.2, -0.15) is 0 Å². The Balaban J connectivity index is 0.000000222. The Labute approximate surface area is 379 Å². The number of aromatic nitrogens is 5. The fourth-order valence-electron chi connectivity index (χ4n) is 6.37. The van der Waals surface area contributed by atoms with Gasteiger partial charge in [0.15, 0.2) is 0 Å². The molecule has 0 saturated heterocycles. The summed E-state index contributed by atoms with van der Waals surface area (Å²) >= 11 is 0. The molecule has 0 aliphatic carbocycles. The number of rotatable bonds is 0. The van der Waals surface area contributed by atoms with Crippen molar-refractivity contribution in [3.8, 4) is 0 Å². The van der Waals surface area contributed by atoms with E-state index in [1.807, 2.05) is 12.5 Å². The monoisotopic (exact) mass is 842 g/mol. The molecule has 4 heterocycles. The summed E-state index contributed by atoms with van der Waals surface area (Å²) in [6.07, 6.45) is 6.06. The summed E-state index contributed by atoms with van der Waals surface area (Å²) in [5.74, 6) is 0. The number of imidazole rings is 1. The maximum absolute atomic E-state index is 4.77. The van der Waals surface area contributed by atoms with Crippen molar-refractivity contribution in [1.29, 1.82) is 0 Å². The first kappa shape index (κ1) is 52.1. The Hall–Kier alpha value is -4.25. The molecule has 62 heavy (non-hydrogen) atoms. The fraction of sp³-hybridized carbons (Fsp3) is 0.561. The average molecular weight is 842 g/mol. The van der Waals surface area contributed by atoms with Crippen molar-refractivity contribution in [3.05, 3.63) is 125 Å². The van der Waals surface area contributed by atoms with E-state index in [-0.39, 0.29) is 43.4 Å². The number of hydrogen-bond donors (Lipinski definition) is 1. The molecule has 0 bridgehead atoms. The molecule has 0 atom stereocenters. The summed E-state index contributed by atoms with van der Waals surface area (Å²) in [6.45, 7) is 53.1. The van der Waals surface area contributed by atoms with Crippen LogP contribution in [0, 0.1) is 0 Å². The lowest BCUT2D eigenvalue weighted by molar-refractivity contribution is 0.395. The molecule has 340 valence electrons. The van der Waals surface area contributed by atoms with Crippen molar-refractivity contribution in [3.63, 3.8) is 0 Å². The molecule has 4 aromatic heterocycles. The minimum Gasteiger partial charge on any atom is -0.358 e. The van der Waals surface area contributed by atoms with Crippen molar-refractivity contribution < 1.29 is 0 Å². The van der Waals surface area contributed by atoms with Gasteiger partial charge in [-0.25, -0.2) is 4.98 Å². The number of aromatic amines is 1. The van der Waals surface area contributed by atoms with Crippen LogP contribution in [0.3, 0.4) is 0 Å². The topological polar surface area (TPSA) is 59.4 Å². The molecule has 0 spiro atoms. The summed E-state index contributed by atoms with van der Waals surface area (Å²) in [5, 5.41) is 2.55. The first-order chi connectivity index (χ1) is 27.8. The number of nitrogens with zero attached hydrogens (tertiary/aromatic N) is 4. The quantitative estimate of drug-likeness (QED) is 0.166. The zero-order valence-corrected chi connectivity index (χ0v) is 43.9. The van der Waals surface area contributed by atoms with Crippen LogP contribution in [-0.4, -0.2) is 24.5 Å². The molecule has 0 aliphatic heterocycles. The van der Waals surface area contributed by atoms with Crippen LogP contribution >= 0.6 is 0 Å². The second-order valence-corrected chi connectivity index (χ2v) is 25.6. The first-order valence-corrected chi connectivity index (χ1v) is 22.9. The van der Waals surface area contributed by atoms with E-state index in [4.69, 9.17) is 4.98 Å². The number of benzene rings is 2. The van der Waals surface area contributed by atoms with E-state index < -0.39 is 0 Å². The van der Waals surface area contributed by atoms with Crippen LogP contribution in [0.25, 0.3) is 21.8 Å². The third-order valence-electron chi connectivity index (χ3n) is 11.1. The summed E-state index contributed by atoms with van der Waals surface area (Å²) < 4.78 is 2.16. The first-order valence-electron chi connectivity index (χ1n) is 22.9. The molecule has 0 radical (unpaired) electrons. The maximum atomic E-state index is 4.77. The molecule has 2 aromatic carbocycles. The Morgan fingerprint density at radius 3 is 1.27 bits per heavy atom. The van der Waals surface area contributed by atoms with E-state index in [1.165, 1.54) is 38.7 Å². The molecular weight excluding hydrogens is 755 g/mol. The van der Waals surface area contributed by atoms with Gasteiger partial charge in [-0.05, 0) is 102 Å². The maximum Gasteiger partial charge on any atom is 0.0954 e. The van der Waals surface area contributed by atoms with E-state index in [0.717, 1.165) is 22.6 Å². The van der Waals surface area contributed by atoms with Crippen LogP contribution in [-0.2, 0) is 43.4 Å². The van der Waals surface area contributed by atoms with Gasteiger partial charge in [-0.3, -0.25) is 9.97 Å². The molecule has 6 rings (SSSR count). The molecule has 1 N–H and O–H groups in total. The Bertz CT molecular complexity index is 2220. The third kappa shape index (κ3) is 14.9. The standard InChI is InChI=1S/C17H23N.C16H23N.C13H21N.C11H20N2/c1-16(2,3)13-8-9-14-12(11-13)7-10-15(18-14)17(4,5)6;1-15(2,3)12-7-8-13-11(9-12)10-14(17-13)16(4,5)6;1-12(2,3)10-7-8-11(14-9-10)13(4,5)6;1-10(2,3)9-7-13(8-12-9)11(4,5)6/h7-11H,1-6H3;7-10,17H,1-6H3;7-9H,1-6H3;7-8H,1-6H3. The summed E-state index contributed by atoms with van der Waals surface area (Å²) in [5.41, 5.74) is 12.5. The van der Waals surface area contributed by atoms with Crippen LogP contribution < -0.4 is 0 Å². The van der Waals surface area contributed by atoms with Crippen LogP contribution in [0.1, 0.15) is 206 Å². The molecule has 5 heteroatoms. The number of hydrogen-bond acceptors (Lipinski definition) is 3. The predicted molar refractivity (Wildman–Crippen MR) is 272 cm³/mol. The largest absolute Gasteiger partial charge is 0.358 e. The van der Waals surface area contributed by atoms with Gasteiger partial charge in [-0.1, -0.05) is 170 Å². The van der Waals surface area contributed by atoms with Gasteiger partial charge < -0.3 is 9.55 Å². The van der Waals surface area contributed by atoms with Crippen LogP contribution in [0.2, 0.25) is 0 Å². The second kappa shape index (κ2) is 18.5. The summed E-state index contributed by atoms with van der Waals surface area (Å²) in [4.78, 5) is 17.2. The third-order valence-corrected chi connectivity index (χ3v) is 11.1. The number of nitrogens with one attached hydrogen (secondary N) is 1. The zero-order valence-electron chi connectivity index (χ0n) is 43.9. The van der Waals surface area contributed by atoms with Crippen LogP contribution in [0.15, 0.2) is 85.5 Å². The molecule has 0 fully saturated rings. The Kier molecular flexibility index (Phi) is 15.5. The van der Waals surface area contributed by atoms with Gasteiger partial charge in [0.1, 0.15) is 0 Å². The average Bonchev–Trinajstić information content (AvgIpc) is 3.79. The number of H-pyrrole nitrogens is 1. The Morgan fingerprint density at radius 2 is 0.871 bits per heavy atom. The molecule has 0 unspecified atom stereocenters. The molecule has 0 saturated carbocycles. The van der Waals surface area contributed by atoms with Gasteiger partial charge in [0.05, 0.1) is 17.5 Å². The minimum atomic E-state index is 0.108. The van der Waals surface area contributed by atoms with E-state index in [0.29, 0.717) is 0 Å². The molecule has 0 amide bonds. The van der Waals surface area contributed by atoms with Crippen molar-refractivity contribution in [2.45, 2.75) is 210 Å². The summed E-state index contributed by atoms with van der Waals surface area (Å²) in [7, 11) is 0. The Morgan fingerprint density at radius 1 is 0.403 bits per heavy atom. The van der Waals surface area contributed by atoms with Gasteiger partial charge in [0.2, 0.25) is 0 Å². The molecule has 6 aromatic rings. The SMILES string of the molecule is CC(C)(C)c1ccc(C(C)(C)C)nc1.CC(C)(C)c1ccc2[nH]c(C(C)(C)C)cc2c1.CC(C)(C)c1ccc2nc(C(C)(C)C)ccc2c1.CC(C)(C)c1cn(C(C)(C)C)cn1. The lowest BCUT2D eigenvalue weighted by Gasteiger charge is -2.22. The van der Waals surface area contributed by atoms with Crippen molar-refractivity contribution in [1.82, 2.24) is 24.5 Å². The van der Waals surface area contributed by atoms with Crippen molar-refractivity contribution >= 4 is 21.8 Å². The lowest BCUT2D eigenvalue weighted by Crippen LogP contribution is -2.20. The second-order valence-electron chi connectivity index (χ2n) is 25.6. The minimum absolute atomic E-state index is 0.108. The smallest absolute Gasteiger partial charge is 0.0954 e. The van der Waals surface area contributed by atoms with E-state index in [9.17, 15) is 0 Å². The van der Waals surface area contributed by atoms with E-state index in [1.54, 1.807) is 0 Å².